The lowest BCUT2D eigenvalue weighted by atomic mass is 9.86. The normalized spacial score (nSPS) is 15.1. The minimum absolute atomic E-state index is 0.0673. The van der Waals surface area contributed by atoms with Crippen LogP contribution in [0, 0.1) is 5.92 Å². The van der Waals surface area contributed by atoms with Crippen LogP contribution in [-0.4, -0.2) is 30.9 Å². The van der Waals surface area contributed by atoms with E-state index in [0.29, 0.717) is 18.6 Å². The maximum atomic E-state index is 10.1. The molecule has 0 aromatic heterocycles. The Morgan fingerprint density at radius 1 is 0.842 bits per heavy atom. The van der Waals surface area contributed by atoms with Crippen LogP contribution in [0.15, 0.2) is 72.8 Å². The Morgan fingerprint density at radius 3 is 2.29 bits per heavy atom. The molecule has 0 amide bonds. The largest absolute Gasteiger partial charge is 0.508 e. The monoisotopic (exact) mass is 509 g/mol. The molecule has 0 heterocycles. The number of benzene rings is 4. The van der Waals surface area contributed by atoms with E-state index in [0.717, 1.165) is 35.1 Å². The smallest absolute Gasteiger partial charge is 0.120 e. The van der Waals surface area contributed by atoms with Gasteiger partial charge in [-0.3, -0.25) is 0 Å². The number of fused-ring (bicyclic) bond motifs is 5. The summed E-state index contributed by atoms with van der Waals surface area (Å²) in [4.78, 5) is 0. The second-order valence-corrected chi connectivity index (χ2v) is 11.1. The number of aromatic hydroxyl groups is 1. The minimum Gasteiger partial charge on any atom is -0.508 e. The molecule has 1 aliphatic rings. The summed E-state index contributed by atoms with van der Waals surface area (Å²) in [6, 6.07) is 25.5. The zero-order chi connectivity index (χ0) is 26.8. The Balaban J connectivity index is 1.48. The highest BCUT2D eigenvalue weighted by atomic mass is 16.5. The van der Waals surface area contributed by atoms with E-state index in [1.807, 2.05) is 19.2 Å². The molecule has 0 spiro atoms. The second kappa shape index (κ2) is 11.1. The van der Waals surface area contributed by atoms with Crippen molar-refractivity contribution in [3.63, 3.8) is 0 Å². The molecular weight excluding hydrogens is 470 g/mol. The molecule has 0 radical (unpaired) electrons. The van der Waals surface area contributed by atoms with Gasteiger partial charge in [-0.2, -0.15) is 0 Å². The van der Waals surface area contributed by atoms with E-state index < -0.39 is 0 Å². The first-order valence-corrected chi connectivity index (χ1v) is 13.8. The van der Waals surface area contributed by atoms with Crippen molar-refractivity contribution in [2.45, 2.75) is 58.6 Å². The number of phenols is 1. The van der Waals surface area contributed by atoms with Crippen LogP contribution in [0.25, 0.3) is 21.9 Å². The summed E-state index contributed by atoms with van der Waals surface area (Å²) < 4.78 is 12.2. The highest BCUT2D eigenvalue weighted by Gasteiger charge is 2.32. The Hall–Kier alpha value is -3.50. The summed E-state index contributed by atoms with van der Waals surface area (Å²) in [5, 5.41) is 15.7. The van der Waals surface area contributed by atoms with Gasteiger partial charge in [0.05, 0.1) is 12.7 Å². The first kappa shape index (κ1) is 26.1. The minimum atomic E-state index is 0.0673. The van der Waals surface area contributed by atoms with Crippen LogP contribution < -0.4 is 14.8 Å². The third-order valence-corrected chi connectivity index (χ3v) is 7.44. The Kier molecular flexibility index (Phi) is 7.62. The van der Waals surface area contributed by atoms with Crippen molar-refractivity contribution in [2.75, 3.05) is 13.7 Å². The molecule has 4 nitrogen and oxygen atoms in total. The SMILES string of the molecule is CNC(CCOc1ccc(C2c3cc(OC(C)C)ccc3-c3ccc4cc(O)ccc4c32)cc1)CC(C)C. The predicted octanol–water partition coefficient (Wildman–Crippen LogP) is 7.90. The fourth-order valence-electron chi connectivity index (χ4n) is 5.78. The van der Waals surface area contributed by atoms with E-state index in [1.54, 1.807) is 6.07 Å². The van der Waals surface area contributed by atoms with Crippen LogP contribution in [0.1, 0.15) is 63.1 Å². The van der Waals surface area contributed by atoms with Gasteiger partial charge in [0, 0.05) is 12.0 Å². The molecule has 1 aliphatic carbocycles. The van der Waals surface area contributed by atoms with E-state index in [4.69, 9.17) is 9.47 Å². The lowest BCUT2D eigenvalue weighted by Crippen LogP contribution is -2.28. The summed E-state index contributed by atoms with van der Waals surface area (Å²) >= 11 is 0. The number of nitrogens with one attached hydrogen (secondary N) is 1. The van der Waals surface area contributed by atoms with Gasteiger partial charge in [-0.15, -0.1) is 0 Å². The molecule has 0 saturated heterocycles. The van der Waals surface area contributed by atoms with Crippen molar-refractivity contribution in [1.82, 2.24) is 5.32 Å². The molecule has 4 aromatic carbocycles. The molecule has 2 atom stereocenters. The zero-order valence-corrected chi connectivity index (χ0v) is 23.1. The first-order valence-electron chi connectivity index (χ1n) is 13.8. The highest BCUT2D eigenvalue weighted by Crippen LogP contribution is 2.52. The Morgan fingerprint density at radius 2 is 1.58 bits per heavy atom. The summed E-state index contributed by atoms with van der Waals surface area (Å²) in [6.07, 6.45) is 2.24. The molecule has 0 aliphatic heterocycles. The summed E-state index contributed by atoms with van der Waals surface area (Å²) in [5.74, 6) is 2.80. The van der Waals surface area contributed by atoms with Gasteiger partial charge in [-0.1, -0.05) is 50.2 Å². The number of rotatable bonds is 10. The number of hydrogen-bond acceptors (Lipinski definition) is 4. The van der Waals surface area contributed by atoms with Crippen molar-refractivity contribution >= 4 is 10.8 Å². The van der Waals surface area contributed by atoms with E-state index >= 15 is 0 Å². The van der Waals surface area contributed by atoms with Crippen molar-refractivity contribution in [1.29, 1.82) is 0 Å². The average molecular weight is 510 g/mol. The first-order chi connectivity index (χ1) is 18.3. The van der Waals surface area contributed by atoms with Gasteiger partial charge in [0.1, 0.15) is 17.2 Å². The Labute approximate surface area is 226 Å². The third-order valence-electron chi connectivity index (χ3n) is 7.44. The van der Waals surface area contributed by atoms with Crippen LogP contribution in [0.4, 0.5) is 0 Å². The number of hydrogen-bond donors (Lipinski definition) is 2. The lowest BCUT2D eigenvalue weighted by molar-refractivity contribution is 0.242. The average Bonchev–Trinajstić information content (AvgIpc) is 3.21. The topological polar surface area (TPSA) is 50.7 Å². The molecule has 4 aromatic rings. The molecule has 2 unspecified atom stereocenters. The van der Waals surface area contributed by atoms with Gasteiger partial charge in [0.2, 0.25) is 0 Å². The fraction of sp³-hybridized carbons (Fsp3) is 0.353. The van der Waals surface area contributed by atoms with Gasteiger partial charge in [-0.05, 0) is 115 Å². The maximum Gasteiger partial charge on any atom is 0.120 e. The third kappa shape index (κ3) is 5.37. The van der Waals surface area contributed by atoms with Crippen LogP contribution in [0.3, 0.4) is 0 Å². The molecular formula is C34H39NO3. The lowest BCUT2D eigenvalue weighted by Gasteiger charge is -2.19. The quantitative estimate of drug-likeness (QED) is 0.201. The van der Waals surface area contributed by atoms with Crippen molar-refractivity contribution < 1.29 is 14.6 Å². The van der Waals surface area contributed by atoms with Gasteiger partial charge >= 0.3 is 0 Å². The van der Waals surface area contributed by atoms with Crippen LogP contribution in [-0.2, 0) is 0 Å². The van der Waals surface area contributed by atoms with E-state index in [9.17, 15) is 5.11 Å². The van der Waals surface area contributed by atoms with Gasteiger partial charge in [0.15, 0.2) is 0 Å². The van der Waals surface area contributed by atoms with Crippen LogP contribution in [0.2, 0.25) is 0 Å². The van der Waals surface area contributed by atoms with Gasteiger partial charge in [0.25, 0.3) is 0 Å². The van der Waals surface area contributed by atoms with Crippen molar-refractivity contribution in [3.05, 3.63) is 89.5 Å². The van der Waals surface area contributed by atoms with Crippen LogP contribution in [0.5, 0.6) is 17.2 Å². The summed E-state index contributed by atoms with van der Waals surface area (Å²) in [6.45, 7) is 9.32. The summed E-state index contributed by atoms with van der Waals surface area (Å²) in [5.41, 5.74) is 6.21. The van der Waals surface area contributed by atoms with Crippen molar-refractivity contribution in [3.8, 4) is 28.4 Å². The maximum absolute atomic E-state index is 10.1. The molecule has 4 heteroatoms. The zero-order valence-electron chi connectivity index (χ0n) is 23.1. The van der Waals surface area contributed by atoms with E-state index in [-0.39, 0.29) is 17.8 Å². The number of ether oxygens (including phenoxy) is 2. The van der Waals surface area contributed by atoms with E-state index in [2.05, 4.69) is 87.6 Å². The fourth-order valence-corrected chi connectivity index (χ4v) is 5.78. The highest BCUT2D eigenvalue weighted by molar-refractivity contribution is 5.98. The van der Waals surface area contributed by atoms with Gasteiger partial charge < -0.3 is 19.9 Å². The molecule has 38 heavy (non-hydrogen) atoms. The molecule has 5 rings (SSSR count). The van der Waals surface area contributed by atoms with Gasteiger partial charge in [-0.25, -0.2) is 0 Å². The standard InChI is InChI=1S/C34H39NO3/c1-21(2)18-25(35-5)16-17-37-27-10-6-23(7-11-27)33-32-20-28(38-22(3)4)12-15-30(32)31-13-8-24-19-26(36)9-14-29(24)34(31)33/h6-15,19-22,25,33,35-36H,16-18H2,1-5H3. The summed E-state index contributed by atoms with van der Waals surface area (Å²) in [7, 11) is 2.03. The predicted molar refractivity (Wildman–Crippen MR) is 157 cm³/mol. The Bertz CT molecular complexity index is 1410. The number of phenolic OH excluding ortho intramolecular Hbond substituents is 1. The molecule has 198 valence electrons. The second-order valence-electron chi connectivity index (χ2n) is 11.1. The van der Waals surface area contributed by atoms with E-state index in [1.165, 1.54) is 27.8 Å². The molecule has 0 saturated carbocycles. The molecule has 2 N–H and O–H groups in total. The van der Waals surface area contributed by atoms with Crippen molar-refractivity contribution in [2.24, 2.45) is 5.92 Å². The van der Waals surface area contributed by atoms with Crippen LogP contribution >= 0.6 is 0 Å². The molecule has 0 bridgehead atoms. The molecule has 0 fully saturated rings.